The highest BCUT2D eigenvalue weighted by molar-refractivity contribution is 5.15. The van der Waals surface area contributed by atoms with E-state index < -0.39 is 0 Å². The van der Waals surface area contributed by atoms with Crippen molar-refractivity contribution in [3.05, 3.63) is 35.9 Å². The fourth-order valence-corrected chi connectivity index (χ4v) is 3.33. The molecule has 2 atom stereocenters. The number of rotatable bonds is 4. The molecule has 2 saturated heterocycles. The number of hydrogen-bond donors (Lipinski definition) is 0. The van der Waals surface area contributed by atoms with E-state index in [0.29, 0.717) is 0 Å². The lowest BCUT2D eigenvalue weighted by molar-refractivity contribution is 0.125. The predicted octanol–water partition coefficient (Wildman–Crippen LogP) is 1.97. The van der Waals surface area contributed by atoms with Crippen molar-refractivity contribution in [1.82, 2.24) is 9.80 Å². The Hall–Kier alpha value is -1.30. The Labute approximate surface area is 110 Å². The topological polar surface area (TPSA) is 6.48 Å². The monoisotopic (exact) mass is 240 g/mol. The summed E-state index contributed by atoms with van der Waals surface area (Å²) in [7, 11) is 0. The molecule has 2 aliphatic rings. The molecular weight excluding hydrogens is 220 g/mol. The van der Waals surface area contributed by atoms with E-state index in [-0.39, 0.29) is 0 Å². The molecule has 2 aliphatic heterocycles. The molecule has 2 heterocycles. The number of fused-ring (bicyclic) bond motifs is 2. The third-order valence-electron chi connectivity index (χ3n) is 4.24. The van der Waals surface area contributed by atoms with Gasteiger partial charge in [-0.1, -0.05) is 30.3 Å². The Bertz CT molecular complexity index is 434. The van der Waals surface area contributed by atoms with Crippen LogP contribution in [0.25, 0.3) is 0 Å². The first-order valence-electron chi connectivity index (χ1n) is 6.82. The van der Waals surface area contributed by atoms with Crippen molar-refractivity contribution in [3.8, 4) is 12.3 Å². The van der Waals surface area contributed by atoms with Gasteiger partial charge in [0.1, 0.15) is 0 Å². The number of terminal acetylenes is 1. The second-order valence-electron chi connectivity index (χ2n) is 5.41. The van der Waals surface area contributed by atoms with E-state index >= 15 is 0 Å². The van der Waals surface area contributed by atoms with Gasteiger partial charge >= 0.3 is 0 Å². The van der Waals surface area contributed by atoms with Gasteiger partial charge in [-0.3, -0.25) is 9.80 Å². The van der Waals surface area contributed by atoms with Crippen LogP contribution in [0.2, 0.25) is 0 Å². The molecule has 0 saturated carbocycles. The molecule has 3 rings (SSSR count). The minimum Gasteiger partial charge on any atom is -0.297 e. The third-order valence-corrected chi connectivity index (χ3v) is 4.24. The Kier molecular flexibility index (Phi) is 3.36. The minimum absolute atomic E-state index is 0.743. The molecule has 0 spiro atoms. The fraction of sp³-hybridized carbons (Fsp3) is 0.500. The second kappa shape index (κ2) is 5.14. The summed E-state index contributed by atoms with van der Waals surface area (Å²) < 4.78 is 0. The minimum atomic E-state index is 0.743. The van der Waals surface area contributed by atoms with Crippen LogP contribution in [0.3, 0.4) is 0 Å². The van der Waals surface area contributed by atoms with Crippen LogP contribution >= 0.6 is 0 Å². The first-order chi connectivity index (χ1) is 8.86. The quantitative estimate of drug-likeness (QED) is 0.742. The zero-order chi connectivity index (χ0) is 12.4. The maximum absolute atomic E-state index is 5.35. The largest absolute Gasteiger partial charge is 0.297 e. The maximum Gasteiger partial charge on any atom is 0.0242 e. The lowest BCUT2D eigenvalue weighted by atomic mass is 10.2. The van der Waals surface area contributed by atoms with E-state index in [1.807, 2.05) is 0 Å². The summed E-state index contributed by atoms with van der Waals surface area (Å²) in [6.45, 7) is 4.60. The first-order valence-corrected chi connectivity index (χ1v) is 6.82. The van der Waals surface area contributed by atoms with Crippen molar-refractivity contribution in [2.45, 2.75) is 31.5 Å². The zero-order valence-corrected chi connectivity index (χ0v) is 10.8. The lowest BCUT2D eigenvalue weighted by Crippen LogP contribution is -2.46. The summed E-state index contributed by atoms with van der Waals surface area (Å²) in [6.07, 6.45) is 7.57. The smallest absolute Gasteiger partial charge is 0.0242 e. The average Bonchev–Trinajstić information content (AvgIpc) is 2.97. The normalized spacial score (nSPS) is 27.5. The van der Waals surface area contributed by atoms with Crippen molar-refractivity contribution in [3.63, 3.8) is 0 Å². The van der Waals surface area contributed by atoms with E-state index in [9.17, 15) is 0 Å². The van der Waals surface area contributed by atoms with Crippen LogP contribution in [0.4, 0.5) is 0 Å². The average molecular weight is 240 g/mol. The molecule has 2 nitrogen and oxygen atoms in total. The van der Waals surface area contributed by atoms with Gasteiger partial charge in [0.25, 0.3) is 0 Å². The Morgan fingerprint density at radius 1 is 1.11 bits per heavy atom. The molecule has 1 aromatic rings. The standard InChI is InChI=1S/C16H20N2/c1-2-3-9-17-12-16-10-15(17)13-18(16)11-14-7-5-4-6-8-14/h1,4-8,15-16H,3,9-13H2. The molecule has 0 radical (unpaired) electrons. The second-order valence-corrected chi connectivity index (χ2v) is 5.41. The molecule has 2 heteroatoms. The van der Waals surface area contributed by atoms with Gasteiger partial charge < -0.3 is 0 Å². The summed E-state index contributed by atoms with van der Waals surface area (Å²) in [5, 5.41) is 0. The van der Waals surface area contributed by atoms with Crippen molar-refractivity contribution >= 4 is 0 Å². The van der Waals surface area contributed by atoms with Crippen LogP contribution in [-0.4, -0.2) is 41.5 Å². The molecule has 94 valence electrons. The molecule has 2 bridgehead atoms. The van der Waals surface area contributed by atoms with E-state index in [2.05, 4.69) is 46.1 Å². The highest BCUT2D eigenvalue weighted by atomic mass is 15.3. The summed E-state index contributed by atoms with van der Waals surface area (Å²) in [5.74, 6) is 2.75. The van der Waals surface area contributed by atoms with Crippen LogP contribution in [0.5, 0.6) is 0 Å². The Morgan fingerprint density at radius 3 is 2.50 bits per heavy atom. The molecule has 0 aliphatic carbocycles. The summed E-state index contributed by atoms with van der Waals surface area (Å²) in [6, 6.07) is 12.3. The van der Waals surface area contributed by atoms with E-state index in [1.165, 1.54) is 25.1 Å². The van der Waals surface area contributed by atoms with Gasteiger partial charge in [-0.25, -0.2) is 0 Å². The summed E-state index contributed by atoms with van der Waals surface area (Å²) in [5.41, 5.74) is 1.43. The van der Waals surface area contributed by atoms with Gasteiger partial charge in [0.15, 0.2) is 0 Å². The van der Waals surface area contributed by atoms with Crippen molar-refractivity contribution in [2.75, 3.05) is 19.6 Å². The maximum atomic E-state index is 5.35. The molecular formula is C16H20N2. The van der Waals surface area contributed by atoms with Gasteiger partial charge in [0.05, 0.1) is 0 Å². The van der Waals surface area contributed by atoms with Crippen LogP contribution in [0, 0.1) is 12.3 Å². The number of likely N-dealkylation sites (tertiary alicyclic amines) is 2. The Morgan fingerprint density at radius 2 is 1.83 bits per heavy atom. The molecule has 18 heavy (non-hydrogen) atoms. The number of benzene rings is 1. The molecule has 0 N–H and O–H groups in total. The molecule has 2 unspecified atom stereocenters. The highest BCUT2D eigenvalue weighted by Crippen LogP contribution is 2.31. The van der Waals surface area contributed by atoms with Crippen molar-refractivity contribution < 1.29 is 0 Å². The molecule has 0 aromatic heterocycles. The molecule has 1 aromatic carbocycles. The van der Waals surface area contributed by atoms with Crippen LogP contribution in [-0.2, 0) is 6.54 Å². The summed E-state index contributed by atoms with van der Waals surface area (Å²) in [4.78, 5) is 5.21. The van der Waals surface area contributed by atoms with Gasteiger partial charge in [-0.05, 0) is 12.0 Å². The Balaban J connectivity index is 1.56. The highest BCUT2D eigenvalue weighted by Gasteiger charge is 2.42. The summed E-state index contributed by atoms with van der Waals surface area (Å²) >= 11 is 0. The van der Waals surface area contributed by atoms with Gasteiger partial charge in [0.2, 0.25) is 0 Å². The first kappa shape index (κ1) is 11.8. The lowest BCUT2D eigenvalue weighted by Gasteiger charge is -2.33. The van der Waals surface area contributed by atoms with E-state index in [4.69, 9.17) is 6.42 Å². The molecule has 2 fully saturated rings. The number of nitrogens with zero attached hydrogens (tertiary/aromatic N) is 2. The van der Waals surface area contributed by atoms with Gasteiger partial charge in [0, 0.05) is 44.7 Å². The van der Waals surface area contributed by atoms with Crippen LogP contribution in [0.15, 0.2) is 30.3 Å². The third kappa shape index (κ3) is 2.29. The van der Waals surface area contributed by atoms with Gasteiger partial charge in [-0.15, -0.1) is 12.3 Å². The molecule has 0 amide bonds. The fourth-order valence-electron chi connectivity index (χ4n) is 3.33. The van der Waals surface area contributed by atoms with Crippen molar-refractivity contribution in [2.24, 2.45) is 0 Å². The van der Waals surface area contributed by atoms with E-state index in [0.717, 1.165) is 31.6 Å². The zero-order valence-electron chi connectivity index (χ0n) is 10.8. The predicted molar refractivity (Wildman–Crippen MR) is 74.1 cm³/mol. The van der Waals surface area contributed by atoms with Crippen molar-refractivity contribution in [1.29, 1.82) is 0 Å². The number of piperazine rings is 1. The van der Waals surface area contributed by atoms with Crippen LogP contribution < -0.4 is 0 Å². The number of hydrogen-bond acceptors (Lipinski definition) is 2. The van der Waals surface area contributed by atoms with Gasteiger partial charge in [-0.2, -0.15) is 0 Å². The SMILES string of the molecule is C#CCCN1CC2CC1CN2Cc1ccccc1. The van der Waals surface area contributed by atoms with E-state index in [1.54, 1.807) is 0 Å². The van der Waals surface area contributed by atoms with Crippen LogP contribution in [0.1, 0.15) is 18.4 Å².